The van der Waals surface area contributed by atoms with Crippen LogP contribution in [0, 0.1) is 17.2 Å². The van der Waals surface area contributed by atoms with Crippen LogP contribution in [0.3, 0.4) is 0 Å². The van der Waals surface area contributed by atoms with Crippen molar-refractivity contribution in [3.63, 3.8) is 0 Å². The topological polar surface area (TPSA) is 53.3 Å². The molecule has 0 radical (unpaired) electrons. The number of methoxy groups -OCH3 is 1. The first-order valence-corrected chi connectivity index (χ1v) is 8.56. The Kier molecular flexibility index (Phi) is 5.04. The van der Waals surface area contributed by atoms with Crippen molar-refractivity contribution in [1.82, 2.24) is 4.90 Å². The second kappa shape index (κ2) is 7.40. The van der Waals surface area contributed by atoms with Crippen LogP contribution in [0.5, 0.6) is 5.75 Å². The Labute approximate surface area is 148 Å². The number of hydrogen-bond donors (Lipinski definition) is 0. The van der Waals surface area contributed by atoms with Crippen molar-refractivity contribution in [3.05, 3.63) is 65.2 Å². The van der Waals surface area contributed by atoms with Crippen molar-refractivity contribution in [3.8, 4) is 11.8 Å². The molecule has 0 saturated heterocycles. The Hall–Kier alpha value is -2.80. The number of amides is 1. The summed E-state index contributed by atoms with van der Waals surface area (Å²) in [5, 5.41) is 8.93. The maximum Gasteiger partial charge on any atom is 0.254 e. The molecule has 0 aromatic heterocycles. The molecule has 4 nitrogen and oxygen atoms in total. The predicted molar refractivity (Wildman–Crippen MR) is 96.2 cm³/mol. The van der Waals surface area contributed by atoms with E-state index < -0.39 is 0 Å². The summed E-state index contributed by atoms with van der Waals surface area (Å²) in [6.07, 6.45) is 2.36. The Balaban J connectivity index is 1.82. The van der Waals surface area contributed by atoms with E-state index in [0.717, 1.165) is 11.3 Å². The quantitative estimate of drug-likeness (QED) is 0.802. The van der Waals surface area contributed by atoms with Crippen molar-refractivity contribution in [2.75, 3.05) is 7.11 Å². The van der Waals surface area contributed by atoms with Gasteiger partial charge in [-0.25, -0.2) is 0 Å². The van der Waals surface area contributed by atoms with Crippen LogP contribution in [0.1, 0.15) is 41.3 Å². The third-order valence-electron chi connectivity index (χ3n) is 4.83. The summed E-state index contributed by atoms with van der Waals surface area (Å²) in [6, 6.07) is 17.0. The van der Waals surface area contributed by atoms with Crippen molar-refractivity contribution < 1.29 is 9.53 Å². The van der Waals surface area contributed by atoms with Gasteiger partial charge in [0, 0.05) is 18.2 Å². The lowest BCUT2D eigenvalue weighted by molar-refractivity contribution is 0.0654. The zero-order valence-electron chi connectivity index (χ0n) is 14.6. The van der Waals surface area contributed by atoms with Crippen LogP contribution in [0.2, 0.25) is 0 Å². The average molecular weight is 334 g/mol. The second-order valence-corrected chi connectivity index (χ2v) is 6.55. The van der Waals surface area contributed by atoms with Gasteiger partial charge in [0.1, 0.15) is 5.75 Å². The lowest BCUT2D eigenvalue weighted by Crippen LogP contribution is -2.39. The molecule has 4 heteroatoms. The zero-order chi connectivity index (χ0) is 17.8. The fourth-order valence-electron chi connectivity index (χ4n) is 3.01. The van der Waals surface area contributed by atoms with Crippen LogP contribution < -0.4 is 4.74 Å². The highest BCUT2D eigenvalue weighted by Gasteiger charge is 2.34. The lowest BCUT2D eigenvalue weighted by atomic mass is 10.1. The lowest BCUT2D eigenvalue weighted by Gasteiger charge is -2.30. The third-order valence-corrected chi connectivity index (χ3v) is 4.83. The number of benzene rings is 2. The fraction of sp³-hybridized carbons (Fsp3) is 0.333. The molecule has 0 aliphatic heterocycles. The third kappa shape index (κ3) is 4.00. The highest BCUT2D eigenvalue weighted by atomic mass is 16.5. The summed E-state index contributed by atoms with van der Waals surface area (Å²) in [7, 11) is 1.64. The molecule has 0 bridgehead atoms. The number of carbonyl (C=O) groups excluding carboxylic acids is 1. The summed E-state index contributed by atoms with van der Waals surface area (Å²) in [5.41, 5.74) is 2.27. The van der Waals surface area contributed by atoms with Crippen LogP contribution in [0.4, 0.5) is 0 Å². The van der Waals surface area contributed by atoms with E-state index in [1.807, 2.05) is 29.2 Å². The zero-order valence-corrected chi connectivity index (χ0v) is 14.6. The molecule has 0 heterocycles. The molecule has 1 amide bonds. The molecular weight excluding hydrogens is 312 g/mol. The molecule has 3 rings (SSSR count). The molecule has 0 spiro atoms. The first kappa shape index (κ1) is 17.0. The average Bonchev–Trinajstić information content (AvgIpc) is 3.51. The maximum absolute atomic E-state index is 13.1. The van der Waals surface area contributed by atoms with Gasteiger partial charge in [-0.15, -0.1) is 0 Å². The number of rotatable bonds is 6. The number of nitrogens with zero attached hydrogens (tertiary/aromatic N) is 2. The van der Waals surface area contributed by atoms with Crippen molar-refractivity contribution in [2.45, 2.75) is 32.4 Å². The van der Waals surface area contributed by atoms with Crippen molar-refractivity contribution in [1.29, 1.82) is 5.26 Å². The van der Waals surface area contributed by atoms with Gasteiger partial charge in [0.05, 0.1) is 18.7 Å². The monoisotopic (exact) mass is 334 g/mol. The summed E-state index contributed by atoms with van der Waals surface area (Å²) in [5.74, 6) is 1.41. The van der Waals surface area contributed by atoms with Crippen molar-refractivity contribution >= 4 is 5.91 Å². The van der Waals surface area contributed by atoms with Gasteiger partial charge < -0.3 is 9.64 Å². The number of hydrogen-bond acceptors (Lipinski definition) is 3. The van der Waals surface area contributed by atoms with Gasteiger partial charge >= 0.3 is 0 Å². The van der Waals surface area contributed by atoms with Gasteiger partial charge in [-0.1, -0.05) is 12.1 Å². The first-order chi connectivity index (χ1) is 12.1. The minimum absolute atomic E-state index is 0.0136. The fourth-order valence-corrected chi connectivity index (χ4v) is 3.01. The Morgan fingerprint density at radius 1 is 1.20 bits per heavy atom. The van der Waals surface area contributed by atoms with Crippen LogP contribution in [-0.4, -0.2) is 24.0 Å². The summed E-state index contributed by atoms with van der Waals surface area (Å²) in [4.78, 5) is 15.0. The molecule has 1 atom stereocenters. The van der Waals surface area contributed by atoms with Gasteiger partial charge in [-0.2, -0.15) is 5.26 Å². The van der Waals surface area contributed by atoms with E-state index in [2.05, 4.69) is 13.0 Å². The molecule has 1 saturated carbocycles. The smallest absolute Gasteiger partial charge is 0.254 e. The van der Waals surface area contributed by atoms with Gasteiger partial charge in [0.25, 0.3) is 5.91 Å². The molecule has 1 aliphatic carbocycles. The number of nitriles is 1. The van der Waals surface area contributed by atoms with Crippen LogP contribution in [0.25, 0.3) is 0 Å². The molecule has 0 unspecified atom stereocenters. The minimum Gasteiger partial charge on any atom is -0.497 e. The first-order valence-electron chi connectivity index (χ1n) is 8.56. The number of ether oxygens (including phenoxy) is 1. The van der Waals surface area contributed by atoms with Gasteiger partial charge in [-0.3, -0.25) is 4.79 Å². The van der Waals surface area contributed by atoms with Gasteiger partial charge in [-0.05, 0) is 67.6 Å². The Morgan fingerprint density at radius 2 is 1.84 bits per heavy atom. The SMILES string of the molecule is COc1ccc(CN(C(=O)c2ccc(C#N)cc2)[C@@H](C)C2CC2)cc1. The minimum atomic E-state index is 0.0136. The van der Waals surface area contributed by atoms with E-state index >= 15 is 0 Å². The predicted octanol–water partition coefficient (Wildman–Crippen LogP) is 4.01. The standard InChI is InChI=1S/C21H22N2O2/c1-15(18-9-10-18)23(14-17-5-11-20(25-2)12-6-17)21(24)19-7-3-16(13-22)4-8-19/h3-8,11-12,15,18H,9-10,14H2,1-2H3/t15-/m0/s1. The molecule has 1 fully saturated rings. The van der Waals surface area contributed by atoms with E-state index in [0.29, 0.717) is 23.6 Å². The van der Waals surface area contributed by atoms with Crippen LogP contribution in [0.15, 0.2) is 48.5 Å². The van der Waals surface area contributed by atoms with E-state index in [-0.39, 0.29) is 11.9 Å². The van der Waals surface area contributed by atoms with E-state index in [9.17, 15) is 4.79 Å². The Bertz CT molecular complexity index is 771. The molecule has 25 heavy (non-hydrogen) atoms. The molecule has 2 aromatic rings. The largest absolute Gasteiger partial charge is 0.497 e. The second-order valence-electron chi connectivity index (χ2n) is 6.55. The summed E-state index contributed by atoms with van der Waals surface area (Å²) < 4.78 is 5.20. The maximum atomic E-state index is 13.1. The van der Waals surface area contributed by atoms with Crippen LogP contribution in [-0.2, 0) is 6.54 Å². The number of carbonyl (C=O) groups is 1. The van der Waals surface area contributed by atoms with Crippen LogP contribution >= 0.6 is 0 Å². The van der Waals surface area contributed by atoms with E-state index in [1.165, 1.54) is 12.8 Å². The molecule has 128 valence electrons. The van der Waals surface area contributed by atoms with Gasteiger partial charge in [0.2, 0.25) is 0 Å². The Morgan fingerprint density at radius 3 is 2.36 bits per heavy atom. The molecule has 2 aromatic carbocycles. The summed E-state index contributed by atoms with van der Waals surface area (Å²) >= 11 is 0. The highest BCUT2D eigenvalue weighted by molar-refractivity contribution is 5.94. The molecule has 0 N–H and O–H groups in total. The molecule has 1 aliphatic rings. The summed E-state index contributed by atoms with van der Waals surface area (Å²) in [6.45, 7) is 2.70. The van der Waals surface area contributed by atoms with E-state index in [4.69, 9.17) is 10.00 Å². The van der Waals surface area contributed by atoms with E-state index in [1.54, 1.807) is 31.4 Å². The molecular formula is C21H22N2O2. The normalized spacial score (nSPS) is 14.4. The van der Waals surface area contributed by atoms with Crippen molar-refractivity contribution in [2.24, 2.45) is 5.92 Å². The van der Waals surface area contributed by atoms with Gasteiger partial charge in [0.15, 0.2) is 0 Å². The highest BCUT2D eigenvalue weighted by Crippen LogP contribution is 2.36.